The molecule has 4 aromatic rings. The van der Waals surface area contributed by atoms with Crippen molar-refractivity contribution in [1.29, 1.82) is 0 Å². The van der Waals surface area contributed by atoms with Crippen LogP contribution in [-0.2, 0) is 6.18 Å². The van der Waals surface area contributed by atoms with Crippen LogP contribution in [0.1, 0.15) is 5.56 Å². The first kappa shape index (κ1) is 17.0. The number of halogens is 4. The molecule has 0 fully saturated rings. The van der Waals surface area contributed by atoms with Gasteiger partial charge in [-0.05, 0) is 42.5 Å². The number of fused-ring (bicyclic) bond motifs is 1. The second-order valence-electron chi connectivity index (χ2n) is 5.72. The number of phenolic OH excluding ortho intramolecular Hbond substituents is 1. The van der Waals surface area contributed by atoms with Crippen molar-refractivity contribution in [2.75, 3.05) is 0 Å². The van der Waals surface area contributed by atoms with Crippen LogP contribution in [0.5, 0.6) is 5.75 Å². The predicted octanol–water partition coefficient (Wildman–Crippen LogP) is 4.35. The van der Waals surface area contributed by atoms with E-state index in [-0.39, 0.29) is 22.5 Å². The number of hydrogen-bond acceptors (Lipinski definition) is 4. The Morgan fingerprint density at radius 1 is 0.926 bits per heavy atom. The van der Waals surface area contributed by atoms with Crippen molar-refractivity contribution in [2.45, 2.75) is 6.18 Å². The molecular weight excluding hydrogens is 364 g/mol. The van der Waals surface area contributed by atoms with Gasteiger partial charge in [-0.25, -0.2) is 19.3 Å². The van der Waals surface area contributed by atoms with E-state index in [4.69, 9.17) is 0 Å². The predicted molar refractivity (Wildman–Crippen MR) is 88.7 cm³/mol. The number of aromatic nitrogens is 4. The standard InChI is InChI=1S/C18H10F4N4O/c19-14-7-10(18(20,21)22)1-6-13(14)15-16-17(24-8-23-15)26(9-25-16)11-2-4-12(27)5-3-11/h1-9,27H. The smallest absolute Gasteiger partial charge is 0.416 e. The third-order valence-corrected chi connectivity index (χ3v) is 4.01. The Morgan fingerprint density at radius 3 is 2.33 bits per heavy atom. The van der Waals surface area contributed by atoms with Crippen molar-refractivity contribution in [2.24, 2.45) is 0 Å². The molecule has 9 heteroatoms. The second kappa shape index (κ2) is 6.04. The SMILES string of the molecule is Oc1ccc(-n2cnc3c(-c4ccc(C(F)(F)F)cc4F)ncnc32)cc1. The van der Waals surface area contributed by atoms with Gasteiger partial charge in [0.05, 0.1) is 5.56 Å². The normalized spacial score (nSPS) is 11.9. The molecule has 5 nitrogen and oxygen atoms in total. The zero-order valence-corrected chi connectivity index (χ0v) is 13.4. The van der Waals surface area contributed by atoms with Crippen molar-refractivity contribution in [3.05, 3.63) is 66.5 Å². The Hall–Kier alpha value is -3.49. The molecule has 0 saturated carbocycles. The molecule has 0 unspecified atom stereocenters. The fourth-order valence-corrected chi connectivity index (χ4v) is 2.72. The summed E-state index contributed by atoms with van der Waals surface area (Å²) in [6.45, 7) is 0. The summed E-state index contributed by atoms with van der Waals surface area (Å²) in [5.41, 5.74) is 0.140. The molecule has 0 spiro atoms. The molecule has 0 aliphatic heterocycles. The quantitative estimate of drug-likeness (QED) is 0.530. The molecule has 0 saturated heterocycles. The number of alkyl halides is 3. The van der Waals surface area contributed by atoms with Crippen LogP contribution in [0.15, 0.2) is 55.1 Å². The second-order valence-corrected chi connectivity index (χ2v) is 5.72. The van der Waals surface area contributed by atoms with Crippen LogP contribution >= 0.6 is 0 Å². The maximum Gasteiger partial charge on any atom is 0.416 e. The highest BCUT2D eigenvalue weighted by molar-refractivity contribution is 5.88. The lowest BCUT2D eigenvalue weighted by molar-refractivity contribution is -0.137. The minimum atomic E-state index is -4.64. The first-order valence-electron chi connectivity index (χ1n) is 7.69. The van der Waals surface area contributed by atoms with E-state index < -0.39 is 17.6 Å². The molecule has 2 aromatic heterocycles. The van der Waals surface area contributed by atoms with Gasteiger partial charge in [-0.2, -0.15) is 13.2 Å². The minimum Gasteiger partial charge on any atom is -0.508 e. The topological polar surface area (TPSA) is 63.8 Å². The number of nitrogens with zero attached hydrogens (tertiary/aromatic N) is 4. The monoisotopic (exact) mass is 374 g/mol. The summed E-state index contributed by atoms with van der Waals surface area (Å²) in [5.74, 6) is -0.964. The van der Waals surface area contributed by atoms with E-state index in [1.54, 1.807) is 16.7 Å². The third-order valence-electron chi connectivity index (χ3n) is 4.01. The molecule has 0 radical (unpaired) electrons. The third kappa shape index (κ3) is 2.97. The Labute approximate surface area is 149 Å². The Morgan fingerprint density at radius 2 is 1.67 bits per heavy atom. The first-order valence-corrected chi connectivity index (χ1v) is 7.69. The van der Waals surface area contributed by atoms with Crippen molar-refractivity contribution in [3.8, 4) is 22.7 Å². The number of benzene rings is 2. The molecule has 4 rings (SSSR count). The zero-order valence-electron chi connectivity index (χ0n) is 13.4. The largest absolute Gasteiger partial charge is 0.508 e. The lowest BCUT2D eigenvalue weighted by Gasteiger charge is -2.09. The van der Waals surface area contributed by atoms with Gasteiger partial charge < -0.3 is 5.11 Å². The van der Waals surface area contributed by atoms with E-state index in [2.05, 4.69) is 15.0 Å². The van der Waals surface area contributed by atoms with Gasteiger partial charge in [0.25, 0.3) is 0 Å². The van der Waals surface area contributed by atoms with E-state index in [1.807, 2.05) is 0 Å². The van der Waals surface area contributed by atoms with Gasteiger partial charge in [-0.1, -0.05) is 0 Å². The maximum atomic E-state index is 14.3. The molecule has 0 atom stereocenters. The molecule has 2 aromatic carbocycles. The molecule has 0 aliphatic carbocycles. The molecule has 2 heterocycles. The van der Waals surface area contributed by atoms with Crippen molar-refractivity contribution >= 4 is 11.2 Å². The van der Waals surface area contributed by atoms with E-state index in [9.17, 15) is 22.7 Å². The summed E-state index contributed by atoms with van der Waals surface area (Å²) in [5, 5.41) is 9.40. The number of phenols is 1. The van der Waals surface area contributed by atoms with E-state index in [0.29, 0.717) is 17.4 Å². The summed E-state index contributed by atoms with van der Waals surface area (Å²) in [6, 6.07) is 8.49. The van der Waals surface area contributed by atoms with E-state index >= 15 is 0 Å². The first-order chi connectivity index (χ1) is 12.8. The summed E-state index contributed by atoms with van der Waals surface area (Å²) in [7, 11) is 0. The number of aromatic hydroxyl groups is 1. The van der Waals surface area contributed by atoms with Crippen LogP contribution in [-0.4, -0.2) is 24.6 Å². The van der Waals surface area contributed by atoms with Gasteiger partial charge in [0.2, 0.25) is 0 Å². The van der Waals surface area contributed by atoms with Gasteiger partial charge in [0.15, 0.2) is 5.65 Å². The van der Waals surface area contributed by atoms with Gasteiger partial charge in [-0.3, -0.25) is 4.57 Å². The number of rotatable bonds is 2. The Balaban J connectivity index is 1.86. The highest BCUT2D eigenvalue weighted by Gasteiger charge is 2.31. The van der Waals surface area contributed by atoms with Crippen LogP contribution < -0.4 is 0 Å². The number of hydrogen-bond donors (Lipinski definition) is 1. The van der Waals surface area contributed by atoms with Gasteiger partial charge in [0.1, 0.15) is 35.4 Å². The van der Waals surface area contributed by atoms with Crippen molar-refractivity contribution in [1.82, 2.24) is 19.5 Å². The van der Waals surface area contributed by atoms with Crippen LogP contribution in [0.25, 0.3) is 28.1 Å². The van der Waals surface area contributed by atoms with Gasteiger partial charge >= 0.3 is 6.18 Å². The van der Waals surface area contributed by atoms with Crippen molar-refractivity contribution < 1.29 is 22.7 Å². The fourth-order valence-electron chi connectivity index (χ4n) is 2.72. The molecule has 1 N–H and O–H groups in total. The van der Waals surface area contributed by atoms with Gasteiger partial charge in [0, 0.05) is 11.3 Å². The summed E-state index contributed by atoms with van der Waals surface area (Å²) in [4.78, 5) is 12.3. The van der Waals surface area contributed by atoms with Gasteiger partial charge in [-0.15, -0.1) is 0 Å². The highest BCUT2D eigenvalue weighted by atomic mass is 19.4. The minimum absolute atomic E-state index is 0.0868. The molecule has 27 heavy (non-hydrogen) atoms. The Bertz CT molecular complexity index is 1140. The molecule has 0 amide bonds. The molecule has 136 valence electrons. The average molecular weight is 374 g/mol. The van der Waals surface area contributed by atoms with Crippen LogP contribution in [0.3, 0.4) is 0 Å². The lowest BCUT2D eigenvalue weighted by atomic mass is 10.1. The number of imidazole rings is 1. The molecule has 0 bridgehead atoms. The van der Waals surface area contributed by atoms with Crippen LogP contribution in [0, 0.1) is 5.82 Å². The maximum absolute atomic E-state index is 14.3. The lowest BCUT2D eigenvalue weighted by Crippen LogP contribution is -2.05. The summed E-state index contributed by atoms with van der Waals surface area (Å²) in [6.07, 6.45) is -2.01. The molecular formula is C18H10F4N4O. The van der Waals surface area contributed by atoms with Crippen molar-refractivity contribution in [3.63, 3.8) is 0 Å². The van der Waals surface area contributed by atoms with Crippen LogP contribution in [0.4, 0.5) is 17.6 Å². The zero-order chi connectivity index (χ0) is 19.2. The van der Waals surface area contributed by atoms with Crippen LogP contribution in [0.2, 0.25) is 0 Å². The van der Waals surface area contributed by atoms with E-state index in [1.165, 1.54) is 24.8 Å². The average Bonchev–Trinajstić information content (AvgIpc) is 3.06. The highest BCUT2D eigenvalue weighted by Crippen LogP contribution is 2.34. The Kier molecular flexibility index (Phi) is 3.79. The molecule has 0 aliphatic rings. The van der Waals surface area contributed by atoms with E-state index in [0.717, 1.165) is 12.1 Å². The summed E-state index contributed by atoms with van der Waals surface area (Å²) < 4.78 is 54.2. The summed E-state index contributed by atoms with van der Waals surface area (Å²) >= 11 is 0. The fraction of sp³-hybridized carbons (Fsp3) is 0.0556.